The zero-order valence-corrected chi connectivity index (χ0v) is 9.51. The van der Waals surface area contributed by atoms with Gasteiger partial charge in [0.15, 0.2) is 6.10 Å². The van der Waals surface area contributed by atoms with Crippen molar-refractivity contribution in [2.75, 3.05) is 6.61 Å². The lowest BCUT2D eigenvalue weighted by Crippen LogP contribution is -2.24. The third-order valence-corrected chi connectivity index (χ3v) is 2.01. The number of esters is 1. The van der Waals surface area contributed by atoms with E-state index >= 15 is 0 Å². The Balaban J connectivity index is 2.57. The first-order valence-electron chi connectivity index (χ1n) is 5.17. The molecule has 4 nitrogen and oxygen atoms in total. The SMILES string of the molecule is C=C[C@H](O[C@H](C)C(=O)OCC)c1ccco1. The Bertz CT molecular complexity index is 329. The molecule has 0 aliphatic carbocycles. The second kappa shape index (κ2) is 6.12. The molecule has 1 aromatic rings. The Morgan fingerprint density at radius 2 is 2.44 bits per heavy atom. The van der Waals surface area contributed by atoms with E-state index in [1.807, 2.05) is 0 Å². The lowest BCUT2D eigenvalue weighted by Gasteiger charge is -2.16. The Labute approximate surface area is 94.8 Å². The Kier molecular flexibility index (Phi) is 4.79. The smallest absolute Gasteiger partial charge is 0.334 e. The van der Waals surface area contributed by atoms with E-state index in [9.17, 15) is 4.79 Å². The molecule has 1 heterocycles. The van der Waals surface area contributed by atoms with E-state index in [0.717, 1.165) is 0 Å². The van der Waals surface area contributed by atoms with Crippen molar-refractivity contribution in [2.24, 2.45) is 0 Å². The van der Waals surface area contributed by atoms with E-state index in [1.54, 1.807) is 38.3 Å². The molecule has 0 spiro atoms. The van der Waals surface area contributed by atoms with Crippen LogP contribution in [0.4, 0.5) is 0 Å². The molecule has 4 heteroatoms. The molecule has 2 atom stereocenters. The highest BCUT2D eigenvalue weighted by molar-refractivity contribution is 5.74. The van der Waals surface area contributed by atoms with Crippen molar-refractivity contribution in [1.82, 2.24) is 0 Å². The number of carbonyl (C=O) groups excluding carboxylic acids is 1. The molecule has 0 aromatic carbocycles. The predicted molar refractivity (Wildman–Crippen MR) is 58.8 cm³/mol. The zero-order chi connectivity index (χ0) is 12.0. The molecule has 0 saturated carbocycles. The van der Waals surface area contributed by atoms with E-state index in [2.05, 4.69) is 6.58 Å². The second-order valence-electron chi connectivity index (χ2n) is 3.20. The van der Waals surface area contributed by atoms with Crippen LogP contribution in [0.3, 0.4) is 0 Å². The molecule has 88 valence electrons. The number of hydrogen-bond donors (Lipinski definition) is 0. The molecule has 0 aliphatic heterocycles. The first-order chi connectivity index (χ1) is 7.69. The molecule has 0 bridgehead atoms. The van der Waals surface area contributed by atoms with Crippen LogP contribution in [-0.2, 0) is 14.3 Å². The molecule has 0 unspecified atom stereocenters. The third-order valence-electron chi connectivity index (χ3n) is 2.01. The third kappa shape index (κ3) is 3.24. The van der Waals surface area contributed by atoms with Gasteiger partial charge in [-0.15, -0.1) is 6.58 Å². The van der Waals surface area contributed by atoms with Crippen LogP contribution in [0.25, 0.3) is 0 Å². The summed E-state index contributed by atoms with van der Waals surface area (Å²) in [6.07, 6.45) is 2.04. The van der Waals surface area contributed by atoms with Crippen molar-refractivity contribution in [3.8, 4) is 0 Å². The van der Waals surface area contributed by atoms with Gasteiger partial charge in [-0.1, -0.05) is 6.08 Å². The summed E-state index contributed by atoms with van der Waals surface area (Å²) in [6, 6.07) is 3.52. The van der Waals surface area contributed by atoms with E-state index < -0.39 is 12.2 Å². The topological polar surface area (TPSA) is 48.7 Å². The molecular formula is C12H16O4. The molecule has 0 aliphatic rings. The molecular weight excluding hydrogens is 208 g/mol. The average Bonchev–Trinajstić information content (AvgIpc) is 2.79. The summed E-state index contributed by atoms with van der Waals surface area (Å²) in [5.74, 6) is 0.229. The molecule has 0 fully saturated rings. The quantitative estimate of drug-likeness (QED) is 0.550. The van der Waals surface area contributed by atoms with Gasteiger partial charge < -0.3 is 13.9 Å². The minimum absolute atomic E-state index is 0.339. The van der Waals surface area contributed by atoms with Crippen LogP contribution in [0.2, 0.25) is 0 Å². The van der Waals surface area contributed by atoms with Crippen LogP contribution in [0, 0.1) is 0 Å². The maximum atomic E-state index is 11.4. The lowest BCUT2D eigenvalue weighted by molar-refractivity contribution is -0.158. The van der Waals surface area contributed by atoms with Gasteiger partial charge in [-0.3, -0.25) is 0 Å². The van der Waals surface area contributed by atoms with Crippen molar-refractivity contribution in [3.05, 3.63) is 36.8 Å². The van der Waals surface area contributed by atoms with Gasteiger partial charge in [0.2, 0.25) is 0 Å². The van der Waals surface area contributed by atoms with Gasteiger partial charge in [0, 0.05) is 0 Å². The highest BCUT2D eigenvalue weighted by Gasteiger charge is 2.20. The van der Waals surface area contributed by atoms with Gasteiger partial charge in [0.1, 0.15) is 11.9 Å². The van der Waals surface area contributed by atoms with Gasteiger partial charge in [-0.2, -0.15) is 0 Å². The maximum absolute atomic E-state index is 11.4. The number of ether oxygens (including phenoxy) is 2. The summed E-state index contributed by atoms with van der Waals surface area (Å²) < 4.78 is 15.5. The zero-order valence-electron chi connectivity index (χ0n) is 9.51. The van der Waals surface area contributed by atoms with Crippen molar-refractivity contribution < 1.29 is 18.7 Å². The fourth-order valence-electron chi connectivity index (χ4n) is 1.23. The normalized spacial score (nSPS) is 14.1. The number of hydrogen-bond acceptors (Lipinski definition) is 4. The van der Waals surface area contributed by atoms with Crippen LogP contribution >= 0.6 is 0 Å². The van der Waals surface area contributed by atoms with Crippen molar-refractivity contribution in [3.63, 3.8) is 0 Å². The summed E-state index contributed by atoms with van der Waals surface area (Å²) >= 11 is 0. The van der Waals surface area contributed by atoms with Crippen LogP contribution in [0.5, 0.6) is 0 Å². The molecule has 1 rings (SSSR count). The summed E-state index contributed by atoms with van der Waals surface area (Å²) in [4.78, 5) is 11.4. The summed E-state index contributed by atoms with van der Waals surface area (Å²) in [6.45, 7) is 7.37. The molecule has 0 amide bonds. The van der Waals surface area contributed by atoms with E-state index in [-0.39, 0.29) is 5.97 Å². The van der Waals surface area contributed by atoms with Gasteiger partial charge in [0.25, 0.3) is 0 Å². The molecule has 1 aromatic heterocycles. The van der Waals surface area contributed by atoms with Crippen LogP contribution in [0.15, 0.2) is 35.5 Å². The standard InChI is InChI=1S/C12H16O4/c1-4-10(11-7-6-8-15-11)16-9(3)12(13)14-5-2/h4,6-10H,1,5H2,2-3H3/t9-,10+/m1/s1. The summed E-state index contributed by atoms with van der Waals surface area (Å²) in [7, 11) is 0. The van der Waals surface area contributed by atoms with Crippen molar-refractivity contribution in [1.29, 1.82) is 0 Å². The second-order valence-corrected chi connectivity index (χ2v) is 3.20. The van der Waals surface area contributed by atoms with Crippen molar-refractivity contribution >= 4 is 5.97 Å². The Morgan fingerprint density at radius 1 is 1.69 bits per heavy atom. The Hall–Kier alpha value is -1.55. The Morgan fingerprint density at radius 3 is 2.94 bits per heavy atom. The minimum atomic E-state index is -0.645. The largest absolute Gasteiger partial charge is 0.466 e. The first-order valence-corrected chi connectivity index (χ1v) is 5.17. The maximum Gasteiger partial charge on any atom is 0.334 e. The molecule has 0 N–H and O–H groups in total. The fourth-order valence-corrected chi connectivity index (χ4v) is 1.23. The van der Waals surface area contributed by atoms with Gasteiger partial charge in [-0.25, -0.2) is 4.79 Å². The lowest BCUT2D eigenvalue weighted by atomic mass is 10.2. The van der Waals surface area contributed by atoms with E-state index in [1.165, 1.54) is 0 Å². The van der Waals surface area contributed by atoms with Gasteiger partial charge in [-0.05, 0) is 26.0 Å². The molecule has 0 radical (unpaired) electrons. The first kappa shape index (κ1) is 12.5. The van der Waals surface area contributed by atoms with E-state index in [4.69, 9.17) is 13.9 Å². The van der Waals surface area contributed by atoms with Crippen molar-refractivity contribution in [2.45, 2.75) is 26.1 Å². The number of furan rings is 1. The monoisotopic (exact) mass is 224 g/mol. The average molecular weight is 224 g/mol. The van der Waals surface area contributed by atoms with Crippen LogP contribution in [0.1, 0.15) is 25.7 Å². The highest BCUT2D eigenvalue weighted by Crippen LogP contribution is 2.20. The predicted octanol–water partition coefficient (Wildman–Crippen LogP) is 2.47. The minimum Gasteiger partial charge on any atom is -0.466 e. The van der Waals surface area contributed by atoms with Crippen LogP contribution < -0.4 is 0 Å². The molecule has 16 heavy (non-hydrogen) atoms. The number of carbonyl (C=O) groups is 1. The summed E-state index contributed by atoms with van der Waals surface area (Å²) in [5.41, 5.74) is 0. The highest BCUT2D eigenvalue weighted by atomic mass is 16.6. The van der Waals surface area contributed by atoms with Gasteiger partial charge in [0.05, 0.1) is 12.9 Å². The van der Waals surface area contributed by atoms with Crippen LogP contribution in [-0.4, -0.2) is 18.7 Å². The fraction of sp³-hybridized carbons (Fsp3) is 0.417. The van der Waals surface area contributed by atoms with Gasteiger partial charge >= 0.3 is 5.97 Å². The summed E-state index contributed by atoms with van der Waals surface area (Å²) in [5, 5.41) is 0. The molecule has 0 saturated heterocycles. The number of rotatable bonds is 6. The van der Waals surface area contributed by atoms with E-state index in [0.29, 0.717) is 12.4 Å².